The first kappa shape index (κ1) is 17.9. The summed E-state index contributed by atoms with van der Waals surface area (Å²) in [5, 5.41) is 0. The maximum Gasteiger partial charge on any atom is 0.141 e. The highest BCUT2D eigenvalue weighted by molar-refractivity contribution is 7.10. The molecule has 0 radical (unpaired) electrons. The van der Waals surface area contributed by atoms with Crippen LogP contribution in [0.3, 0.4) is 0 Å². The van der Waals surface area contributed by atoms with Crippen LogP contribution in [0.1, 0.15) is 70.4 Å². The molecule has 132 valence electrons. The Balaban J connectivity index is 0.000000815. The molecule has 1 aromatic rings. The normalized spacial score (nSPS) is 36.8. The number of rotatable bonds is 1. The van der Waals surface area contributed by atoms with Crippen molar-refractivity contribution in [2.24, 2.45) is 23.2 Å². The van der Waals surface area contributed by atoms with E-state index in [0.717, 1.165) is 25.0 Å². The minimum atomic E-state index is -0.0405. The molecule has 3 aliphatic rings. The van der Waals surface area contributed by atoms with Gasteiger partial charge < -0.3 is 4.52 Å². The average molecular weight is 346 g/mol. The van der Waals surface area contributed by atoms with Crippen LogP contribution < -0.4 is 4.52 Å². The molecule has 4 rings (SSSR count). The highest BCUT2D eigenvalue weighted by Crippen LogP contribution is 2.60. The van der Waals surface area contributed by atoms with Crippen molar-refractivity contribution in [2.45, 2.75) is 65.7 Å². The number of carbonyl (C=O) groups is 1. The van der Waals surface area contributed by atoms with Crippen LogP contribution in [0.4, 0.5) is 0 Å². The number of hydrogen-bond donors (Lipinski definition) is 0. The van der Waals surface area contributed by atoms with Crippen molar-refractivity contribution in [1.82, 2.24) is 0 Å². The van der Waals surface area contributed by atoms with Crippen molar-refractivity contribution < 1.29 is 9.32 Å². The SMILES string of the molecule is CC.CC1CC2C3CCc4cc(OP)ccc4C3CCC2(C)C1=O. The second-order valence-corrected chi connectivity index (χ2v) is 8.09. The first-order valence-electron chi connectivity index (χ1n) is 9.58. The molecule has 0 heterocycles. The Labute approximate surface area is 149 Å². The third-order valence-electron chi connectivity index (χ3n) is 6.84. The van der Waals surface area contributed by atoms with Crippen LogP contribution in [0.15, 0.2) is 18.2 Å². The van der Waals surface area contributed by atoms with E-state index in [1.807, 2.05) is 13.8 Å². The lowest BCUT2D eigenvalue weighted by Crippen LogP contribution is -2.42. The molecule has 2 saturated carbocycles. The van der Waals surface area contributed by atoms with Crippen molar-refractivity contribution in [3.8, 4) is 5.75 Å². The number of carbonyl (C=O) groups excluding carboxylic acids is 1. The molecule has 24 heavy (non-hydrogen) atoms. The molecule has 6 unspecified atom stereocenters. The number of hydrogen-bond acceptors (Lipinski definition) is 2. The van der Waals surface area contributed by atoms with Crippen LogP contribution in [-0.2, 0) is 11.2 Å². The number of ketones is 1. The van der Waals surface area contributed by atoms with Crippen LogP contribution in [0.5, 0.6) is 5.75 Å². The summed E-state index contributed by atoms with van der Waals surface area (Å²) in [7, 11) is 2.33. The van der Waals surface area contributed by atoms with Crippen molar-refractivity contribution in [1.29, 1.82) is 0 Å². The van der Waals surface area contributed by atoms with Crippen molar-refractivity contribution in [3.05, 3.63) is 29.3 Å². The Bertz CT molecular complexity index is 626. The van der Waals surface area contributed by atoms with Crippen LogP contribution in [0.2, 0.25) is 0 Å². The molecule has 0 aromatic heterocycles. The highest BCUT2D eigenvalue weighted by Gasteiger charge is 2.56. The fourth-order valence-electron chi connectivity index (χ4n) is 5.74. The number of Topliss-reactive ketones (excluding diaryl/α,β-unsaturated/α-hetero) is 1. The van der Waals surface area contributed by atoms with Crippen LogP contribution >= 0.6 is 9.47 Å². The van der Waals surface area contributed by atoms with Gasteiger partial charge in [0.2, 0.25) is 0 Å². The fraction of sp³-hybridized carbons (Fsp3) is 0.667. The Morgan fingerprint density at radius 1 is 1.25 bits per heavy atom. The maximum absolute atomic E-state index is 12.6. The number of benzene rings is 1. The molecule has 0 N–H and O–H groups in total. The summed E-state index contributed by atoms with van der Waals surface area (Å²) < 4.78 is 5.30. The van der Waals surface area contributed by atoms with Gasteiger partial charge in [-0.2, -0.15) is 0 Å². The quantitative estimate of drug-likeness (QED) is 0.623. The summed E-state index contributed by atoms with van der Waals surface area (Å²) in [5.41, 5.74) is 2.94. The van der Waals surface area contributed by atoms with E-state index in [2.05, 4.69) is 41.5 Å². The van der Waals surface area contributed by atoms with Gasteiger partial charge in [0, 0.05) is 11.3 Å². The molecular formula is C21H31O2P. The summed E-state index contributed by atoms with van der Waals surface area (Å²) in [6.07, 6.45) is 5.72. The molecule has 0 aliphatic heterocycles. The molecule has 3 aliphatic carbocycles. The topological polar surface area (TPSA) is 26.3 Å². The summed E-state index contributed by atoms with van der Waals surface area (Å²) in [5.74, 6) is 3.69. The molecule has 3 heteroatoms. The van der Waals surface area contributed by atoms with E-state index in [4.69, 9.17) is 4.52 Å². The van der Waals surface area contributed by atoms with Gasteiger partial charge in [-0.25, -0.2) is 0 Å². The van der Waals surface area contributed by atoms with Gasteiger partial charge in [0.15, 0.2) is 0 Å². The van der Waals surface area contributed by atoms with Crippen molar-refractivity contribution >= 4 is 15.2 Å². The lowest BCUT2D eigenvalue weighted by Gasteiger charge is -2.48. The monoisotopic (exact) mass is 346 g/mol. The lowest BCUT2D eigenvalue weighted by atomic mass is 9.55. The first-order valence-corrected chi connectivity index (χ1v) is 10.1. The smallest absolute Gasteiger partial charge is 0.141 e. The predicted molar refractivity (Wildman–Crippen MR) is 102 cm³/mol. The standard InChI is InChI=1S/C19H25O2P.C2H6/c1-11-9-17-16-5-3-12-10-13(21-22)4-6-14(12)15(16)7-8-19(17,2)18(11)20;1-2/h4,6,10-11,15-17H,3,5,7-9,22H2,1-2H3;1-2H3. The zero-order valence-corrected chi connectivity index (χ0v) is 16.6. The van der Waals surface area contributed by atoms with Crippen molar-refractivity contribution in [2.75, 3.05) is 0 Å². The average Bonchev–Trinajstić information content (AvgIpc) is 2.86. The van der Waals surface area contributed by atoms with Gasteiger partial charge in [-0.15, -0.1) is 0 Å². The maximum atomic E-state index is 12.6. The molecular weight excluding hydrogens is 315 g/mol. The second-order valence-electron chi connectivity index (χ2n) is 7.85. The molecule has 0 amide bonds. The van der Waals surface area contributed by atoms with Gasteiger partial charge in [-0.05, 0) is 73.1 Å². The molecule has 0 bridgehead atoms. The fourth-order valence-corrected chi connectivity index (χ4v) is 5.89. The largest absolute Gasteiger partial charge is 0.480 e. The Hall–Kier alpha value is -0.880. The van der Waals surface area contributed by atoms with Crippen LogP contribution in [0, 0.1) is 23.2 Å². The summed E-state index contributed by atoms with van der Waals surface area (Å²) in [6.45, 7) is 8.39. The van der Waals surface area contributed by atoms with Crippen molar-refractivity contribution in [3.63, 3.8) is 0 Å². The highest BCUT2D eigenvalue weighted by atomic mass is 31.0. The van der Waals surface area contributed by atoms with Gasteiger partial charge in [0.1, 0.15) is 11.5 Å². The molecule has 2 fully saturated rings. The Morgan fingerprint density at radius 2 is 2.00 bits per heavy atom. The zero-order valence-electron chi connectivity index (χ0n) is 15.5. The zero-order chi connectivity index (χ0) is 17.5. The Kier molecular flexibility index (Phi) is 5.07. The third kappa shape index (κ3) is 2.62. The van der Waals surface area contributed by atoms with Crippen LogP contribution in [-0.4, -0.2) is 5.78 Å². The van der Waals surface area contributed by atoms with Gasteiger partial charge in [-0.1, -0.05) is 33.8 Å². The van der Waals surface area contributed by atoms with Crippen LogP contribution in [0.25, 0.3) is 0 Å². The molecule has 2 nitrogen and oxygen atoms in total. The summed E-state index contributed by atoms with van der Waals surface area (Å²) in [4.78, 5) is 12.6. The molecule has 6 atom stereocenters. The van der Waals surface area contributed by atoms with E-state index < -0.39 is 0 Å². The van der Waals surface area contributed by atoms with E-state index in [0.29, 0.717) is 23.5 Å². The Morgan fingerprint density at radius 3 is 2.71 bits per heavy atom. The minimum absolute atomic E-state index is 0.0405. The van der Waals surface area contributed by atoms with Gasteiger partial charge in [0.05, 0.1) is 9.47 Å². The lowest BCUT2D eigenvalue weighted by molar-refractivity contribution is -0.131. The van der Waals surface area contributed by atoms with Gasteiger partial charge >= 0.3 is 0 Å². The molecule has 0 spiro atoms. The first-order chi connectivity index (χ1) is 11.5. The van der Waals surface area contributed by atoms with E-state index in [1.54, 1.807) is 0 Å². The summed E-state index contributed by atoms with van der Waals surface area (Å²) >= 11 is 0. The van der Waals surface area contributed by atoms with E-state index >= 15 is 0 Å². The molecule has 0 saturated heterocycles. The summed E-state index contributed by atoms with van der Waals surface area (Å²) in [6, 6.07) is 6.56. The number of aryl methyl sites for hydroxylation is 1. The minimum Gasteiger partial charge on any atom is -0.480 e. The van der Waals surface area contributed by atoms with Gasteiger partial charge in [0.25, 0.3) is 0 Å². The predicted octanol–water partition coefficient (Wildman–Crippen LogP) is 5.55. The molecule has 1 aromatic carbocycles. The van der Waals surface area contributed by atoms with E-state index in [1.165, 1.54) is 24.0 Å². The second kappa shape index (κ2) is 6.79. The van der Waals surface area contributed by atoms with E-state index in [-0.39, 0.29) is 11.3 Å². The number of fused-ring (bicyclic) bond motifs is 5. The van der Waals surface area contributed by atoms with E-state index in [9.17, 15) is 4.79 Å². The third-order valence-corrected chi connectivity index (χ3v) is 7.11. The van der Waals surface area contributed by atoms with Gasteiger partial charge in [-0.3, -0.25) is 4.79 Å².